The molecule has 1 saturated heterocycles. The number of aromatic nitrogens is 3. The van der Waals surface area contributed by atoms with E-state index in [-0.39, 0.29) is 0 Å². The predicted molar refractivity (Wildman–Crippen MR) is 74.2 cm³/mol. The first-order valence-corrected chi connectivity index (χ1v) is 6.58. The van der Waals surface area contributed by atoms with E-state index in [1.807, 2.05) is 0 Å². The second kappa shape index (κ2) is 6.48. The van der Waals surface area contributed by atoms with E-state index in [1.54, 1.807) is 0 Å². The fraction of sp³-hybridized carbons (Fsp3) is 0.727. The highest BCUT2D eigenvalue weighted by molar-refractivity contribution is 5.44. The first-order valence-electron chi connectivity index (χ1n) is 6.58. The number of hydrogen-bond acceptors (Lipinski definition) is 8. The summed E-state index contributed by atoms with van der Waals surface area (Å²) in [6, 6.07) is 0. The van der Waals surface area contributed by atoms with Crippen molar-refractivity contribution in [2.75, 3.05) is 54.6 Å². The fourth-order valence-electron chi connectivity index (χ4n) is 1.97. The summed E-state index contributed by atoms with van der Waals surface area (Å²) in [4.78, 5) is 17.3. The second-order valence-electron chi connectivity index (χ2n) is 4.18. The number of nitrogens with two attached hydrogens (primary N) is 1. The van der Waals surface area contributed by atoms with E-state index in [2.05, 4.69) is 44.0 Å². The molecule has 1 aromatic rings. The fourth-order valence-corrected chi connectivity index (χ4v) is 1.97. The van der Waals surface area contributed by atoms with Crippen LogP contribution in [0.1, 0.15) is 13.8 Å². The zero-order chi connectivity index (χ0) is 13.7. The maximum absolute atomic E-state index is 5.44. The van der Waals surface area contributed by atoms with Crippen molar-refractivity contribution in [3.05, 3.63) is 0 Å². The van der Waals surface area contributed by atoms with Gasteiger partial charge in [-0.25, -0.2) is 5.84 Å². The summed E-state index contributed by atoms with van der Waals surface area (Å²) in [5.74, 6) is 7.12. The van der Waals surface area contributed by atoms with Crippen molar-refractivity contribution in [1.82, 2.24) is 15.0 Å². The molecule has 1 fully saturated rings. The van der Waals surface area contributed by atoms with E-state index < -0.39 is 0 Å². The van der Waals surface area contributed by atoms with Crippen molar-refractivity contribution in [3.63, 3.8) is 0 Å². The van der Waals surface area contributed by atoms with E-state index >= 15 is 0 Å². The third-order valence-electron chi connectivity index (χ3n) is 3.08. The van der Waals surface area contributed by atoms with Crippen LogP contribution in [0.25, 0.3) is 0 Å². The Hall–Kier alpha value is -1.67. The van der Waals surface area contributed by atoms with Gasteiger partial charge in [-0.1, -0.05) is 0 Å². The Morgan fingerprint density at radius 2 is 1.89 bits per heavy atom. The number of hydrazine groups is 1. The smallest absolute Gasteiger partial charge is 0.243 e. The zero-order valence-corrected chi connectivity index (χ0v) is 11.5. The molecule has 1 aromatic heterocycles. The monoisotopic (exact) mass is 267 g/mol. The number of ether oxygens (including phenoxy) is 1. The maximum atomic E-state index is 5.44. The van der Waals surface area contributed by atoms with E-state index in [4.69, 9.17) is 10.6 Å². The molecule has 0 unspecified atom stereocenters. The molecule has 0 bridgehead atoms. The van der Waals surface area contributed by atoms with Crippen LogP contribution < -0.4 is 21.1 Å². The molecule has 106 valence electrons. The highest BCUT2D eigenvalue weighted by atomic mass is 16.5. The maximum Gasteiger partial charge on any atom is 0.243 e. The van der Waals surface area contributed by atoms with Crippen molar-refractivity contribution in [3.8, 4) is 0 Å². The molecule has 0 aliphatic carbocycles. The van der Waals surface area contributed by atoms with E-state index in [1.165, 1.54) is 0 Å². The van der Waals surface area contributed by atoms with Crippen LogP contribution in [0.2, 0.25) is 0 Å². The molecule has 0 saturated carbocycles. The normalized spacial score (nSPS) is 15.4. The van der Waals surface area contributed by atoms with Gasteiger partial charge in [-0.15, -0.1) is 0 Å². The quantitative estimate of drug-likeness (QED) is 0.561. The van der Waals surface area contributed by atoms with Crippen LogP contribution in [-0.2, 0) is 4.74 Å². The molecule has 0 aromatic carbocycles. The van der Waals surface area contributed by atoms with Crippen molar-refractivity contribution in [1.29, 1.82) is 0 Å². The molecule has 19 heavy (non-hydrogen) atoms. The van der Waals surface area contributed by atoms with Gasteiger partial charge >= 0.3 is 0 Å². The summed E-state index contributed by atoms with van der Waals surface area (Å²) in [7, 11) is 0. The molecule has 0 spiro atoms. The first-order chi connectivity index (χ1) is 9.28. The van der Waals surface area contributed by atoms with Crippen LogP contribution >= 0.6 is 0 Å². The van der Waals surface area contributed by atoms with Crippen molar-refractivity contribution < 1.29 is 4.74 Å². The summed E-state index contributed by atoms with van der Waals surface area (Å²) in [5.41, 5.74) is 2.50. The van der Waals surface area contributed by atoms with Crippen LogP contribution in [0.3, 0.4) is 0 Å². The van der Waals surface area contributed by atoms with Crippen LogP contribution in [0.4, 0.5) is 17.8 Å². The van der Waals surface area contributed by atoms with Crippen LogP contribution in [-0.4, -0.2) is 54.3 Å². The van der Waals surface area contributed by atoms with Gasteiger partial charge in [0.25, 0.3) is 0 Å². The molecule has 2 heterocycles. The van der Waals surface area contributed by atoms with Gasteiger partial charge in [0, 0.05) is 26.2 Å². The molecule has 8 heteroatoms. The van der Waals surface area contributed by atoms with Gasteiger partial charge in [0.05, 0.1) is 13.2 Å². The Bertz CT molecular complexity index is 404. The summed E-state index contributed by atoms with van der Waals surface area (Å²) in [5, 5.41) is 0. The van der Waals surface area contributed by atoms with Gasteiger partial charge in [0.1, 0.15) is 0 Å². The summed E-state index contributed by atoms with van der Waals surface area (Å²) >= 11 is 0. The van der Waals surface area contributed by atoms with Crippen molar-refractivity contribution in [2.24, 2.45) is 5.84 Å². The minimum absolute atomic E-state index is 0.387. The number of morpholine rings is 1. The number of nitrogens with zero attached hydrogens (tertiary/aromatic N) is 5. The van der Waals surface area contributed by atoms with Gasteiger partial charge in [-0.3, -0.25) is 5.43 Å². The van der Waals surface area contributed by atoms with Gasteiger partial charge in [-0.05, 0) is 13.8 Å². The Balaban J connectivity index is 2.29. The number of rotatable bonds is 5. The third kappa shape index (κ3) is 3.21. The second-order valence-corrected chi connectivity index (χ2v) is 4.18. The molecule has 3 N–H and O–H groups in total. The Kier molecular flexibility index (Phi) is 4.69. The average Bonchev–Trinajstić information content (AvgIpc) is 2.49. The molecule has 0 amide bonds. The third-order valence-corrected chi connectivity index (χ3v) is 3.08. The van der Waals surface area contributed by atoms with Gasteiger partial charge < -0.3 is 14.5 Å². The lowest BCUT2D eigenvalue weighted by Gasteiger charge is -2.28. The van der Waals surface area contributed by atoms with Crippen molar-refractivity contribution >= 4 is 17.8 Å². The molecule has 0 radical (unpaired) electrons. The summed E-state index contributed by atoms with van der Waals surface area (Å²) in [6.07, 6.45) is 0. The lowest BCUT2D eigenvalue weighted by molar-refractivity contribution is 0.122. The number of anilines is 3. The van der Waals surface area contributed by atoms with E-state index in [0.717, 1.165) is 26.2 Å². The number of hydrogen-bond donors (Lipinski definition) is 2. The molecule has 1 aliphatic heterocycles. The minimum Gasteiger partial charge on any atom is -0.378 e. The SMILES string of the molecule is CCN(CC)c1nc(NN)nc(N2CCOCC2)n1. The van der Waals surface area contributed by atoms with Crippen LogP contribution in [0.15, 0.2) is 0 Å². The summed E-state index contributed by atoms with van der Waals surface area (Å²) < 4.78 is 5.33. The van der Waals surface area contributed by atoms with E-state index in [0.29, 0.717) is 31.1 Å². The lowest BCUT2D eigenvalue weighted by atomic mass is 10.4. The van der Waals surface area contributed by atoms with Gasteiger partial charge in [-0.2, -0.15) is 15.0 Å². The topological polar surface area (TPSA) is 92.4 Å². The average molecular weight is 267 g/mol. The molecule has 8 nitrogen and oxygen atoms in total. The molecule has 1 aliphatic rings. The largest absolute Gasteiger partial charge is 0.378 e. The lowest BCUT2D eigenvalue weighted by Crippen LogP contribution is -2.38. The number of nitrogens with one attached hydrogen (secondary N) is 1. The van der Waals surface area contributed by atoms with E-state index in [9.17, 15) is 0 Å². The standard InChI is InChI=1S/C11H21N7O/c1-3-17(4-2)10-13-9(16-12)14-11(15-10)18-5-7-19-8-6-18/h3-8,12H2,1-2H3,(H,13,14,15,16). The molecular weight excluding hydrogens is 246 g/mol. The minimum atomic E-state index is 0.387. The Morgan fingerprint density at radius 3 is 2.47 bits per heavy atom. The highest BCUT2D eigenvalue weighted by Crippen LogP contribution is 2.17. The number of nitrogen functional groups attached to an aromatic ring is 1. The van der Waals surface area contributed by atoms with Gasteiger partial charge in [0.15, 0.2) is 0 Å². The highest BCUT2D eigenvalue weighted by Gasteiger charge is 2.17. The Labute approximate surface area is 112 Å². The van der Waals surface area contributed by atoms with Crippen molar-refractivity contribution in [2.45, 2.75) is 13.8 Å². The van der Waals surface area contributed by atoms with Crippen LogP contribution in [0, 0.1) is 0 Å². The first kappa shape index (κ1) is 13.8. The molecule has 2 rings (SSSR count). The molecular formula is C11H21N7O. The van der Waals surface area contributed by atoms with Crippen LogP contribution in [0.5, 0.6) is 0 Å². The predicted octanol–water partition coefficient (Wildman–Crippen LogP) is -0.160. The molecule has 0 atom stereocenters. The van der Waals surface area contributed by atoms with Gasteiger partial charge in [0.2, 0.25) is 17.8 Å². The Morgan fingerprint density at radius 1 is 1.21 bits per heavy atom. The summed E-state index contributed by atoms with van der Waals surface area (Å²) in [6.45, 7) is 8.77. The zero-order valence-electron chi connectivity index (χ0n) is 11.5.